The van der Waals surface area contributed by atoms with Crippen molar-refractivity contribution >= 4 is 5.91 Å². The van der Waals surface area contributed by atoms with Crippen molar-refractivity contribution in [2.45, 2.75) is 6.42 Å². The van der Waals surface area contributed by atoms with Gasteiger partial charge >= 0.3 is 5.69 Å². The van der Waals surface area contributed by atoms with Crippen molar-refractivity contribution in [3.63, 3.8) is 0 Å². The van der Waals surface area contributed by atoms with Crippen molar-refractivity contribution < 1.29 is 9.90 Å². The Morgan fingerprint density at radius 1 is 1.41 bits per heavy atom. The normalized spacial score (nSPS) is 15.7. The summed E-state index contributed by atoms with van der Waals surface area (Å²) < 4.78 is 0. The number of nitrogens with one attached hydrogen (secondary N) is 2. The topological polar surface area (TPSA) is 106 Å². The highest BCUT2D eigenvalue weighted by Gasteiger charge is 2.29. The molecule has 1 fully saturated rings. The lowest BCUT2D eigenvalue weighted by Gasteiger charge is -2.38. The predicted molar refractivity (Wildman–Crippen MR) is 58.5 cm³/mol. The van der Waals surface area contributed by atoms with Gasteiger partial charge in [-0.25, -0.2) is 4.79 Å². The number of carbonyl (C=O) groups excluding carboxylic acids is 1. The van der Waals surface area contributed by atoms with E-state index in [1.165, 1.54) is 6.07 Å². The van der Waals surface area contributed by atoms with E-state index in [-0.39, 0.29) is 24.9 Å². The SMILES string of the molecule is O=C(Cc1cc(=O)[nH]c(=O)[nH]1)N1CC(CO)C1. The fraction of sp³-hybridized carbons (Fsp3) is 0.500. The molecule has 0 radical (unpaired) electrons. The maximum atomic E-state index is 11.7. The summed E-state index contributed by atoms with van der Waals surface area (Å²) in [4.78, 5) is 39.7. The Hall–Kier alpha value is -1.89. The van der Waals surface area contributed by atoms with Crippen molar-refractivity contribution in [3.05, 3.63) is 32.6 Å². The van der Waals surface area contributed by atoms with E-state index in [0.29, 0.717) is 18.8 Å². The van der Waals surface area contributed by atoms with E-state index >= 15 is 0 Å². The molecule has 2 rings (SSSR count). The van der Waals surface area contributed by atoms with Crippen LogP contribution in [0.2, 0.25) is 0 Å². The van der Waals surface area contributed by atoms with Crippen molar-refractivity contribution in [1.29, 1.82) is 0 Å². The Bertz CT molecular complexity index is 499. The van der Waals surface area contributed by atoms with Crippen LogP contribution in [0.1, 0.15) is 5.69 Å². The molecular weight excluding hydrogens is 226 g/mol. The van der Waals surface area contributed by atoms with Crippen LogP contribution < -0.4 is 11.2 Å². The molecule has 0 saturated carbocycles. The van der Waals surface area contributed by atoms with E-state index < -0.39 is 11.2 Å². The highest BCUT2D eigenvalue weighted by atomic mass is 16.3. The molecule has 0 aromatic carbocycles. The zero-order chi connectivity index (χ0) is 12.4. The predicted octanol–water partition coefficient (Wildman–Crippen LogP) is -1.94. The van der Waals surface area contributed by atoms with Gasteiger partial charge in [0.15, 0.2) is 0 Å². The van der Waals surface area contributed by atoms with Gasteiger partial charge in [0.05, 0.1) is 6.42 Å². The van der Waals surface area contributed by atoms with E-state index in [0.717, 1.165) is 0 Å². The first-order valence-electron chi connectivity index (χ1n) is 5.29. The summed E-state index contributed by atoms with van der Waals surface area (Å²) in [6.07, 6.45) is -0.00267. The van der Waals surface area contributed by atoms with Gasteiger partial charge in [0.25, 0.3) is 5.56 Å². The summed E-state index contributed by atoms with van der Waals surface area (Å²) in [7, 11) is 0. The highest BCUT2D eigenvalue weighted by Crippen LogP contribution is 2.15. The number of amides is 1. The van der Waals surface area contributed by atoms with E-state index in [1.54, 1.807) is 4.90 Å². The molecule has 2 heterocycles. The fourth-order valence-corrected chi connectivity index (χ4v) is 1.78. The summed E-state index contributed by atoms with van der Waals surface area (Å²) >= 11 is 0. The molecule has 0 aliphatic carbocycles. The Balaban J connectivity index is 1.99. The third-order valence-electron chi connectivity index (χ3n) is 2.73. The second-order valence-electron chi connectivity index (χ2n) is 4.14. The van der Waals surface area contributed by atoms with Gasteiger partial charge in [-0.3, -0.25) is 14.6 Å². The van der Waals surface area contributed by atoms with Gasteiger partial charge in [-0.15, -0.1) is 0 Å². The quantitative estimate of drug-likeness (QED) is 0.570. The van der Waals surface area contributed by atoms with Crippen LogP contribution in [0.4, 0.5) is 0 Å². The maximum absolute atomic E-state index is 11.7. The first-order chi connectivity index (χ1) is 8.08. The van der Waals surface area contributed by atoms with Gasteiger partial charge in [0.1, 0.15) is 0 Å². The smallest absolute Gasteiger partial charge is 0.325 e. The molecule has 1 aromatic rings. The molecule has 7 heteroatoms. The van der Waals surface area contributed by atoms with Crippen molar-refractivity contribution in [3.8, 4) is 0 Å². The minimum absolute atomic E-state index is 0.00267. The van der Waals surface area contributed by atoms with Crippen molar-refractivity contribution in [2.75, 3.05) is 19.7 Å². The lowest BCUT2D eigenvalue weighted by atomic mass is 10.0. The van der Waals surface area contributed by atoms with E-state index in [9.17, 15) is 14.4 Å². The number of aromatic nitrogens is 2. The summed E-state index contributed by atoms with van der Waals surface area (Å²) in [5, 5.41) is 8.82. The molecule has 3 N–H and O–H groups in total. The van der Waals surface area contributed by atoms with Crippen LogP contribution in [0.15, 0.2) is 15.7 Å². The fourth-order valence-electron chi connectivity index (χ4n) is 1.78. The molecule has 92 valence electrons. The van der Waals surface area contributed by atoms with Crippen LogP contribution in [-0.4, -0.2) is 45.6 Å². The number of nitrogens with zero attached hydrogens (tertiary/aromatic N) is 1. The third kappa shape index (κ3) is 2.62. The summed E-state index contributed by atoms with van der Waals surface area (Å²) in [5.41, 5.74) is -0.832. The van der Waals surface area contributed by atoms with Crippen molar-refractivity contribution in [1.82, 2.24) is 14.9 Å². The zero-order valence-electron chi connectivity index (χ0n) is 9.10. The number of hydrogen-bond donors (Lipinski definition) is 3. The molecule has 0 unspecified atom stereocenters. The summed E-state index contributed by atoms with van der Waals surface area (Å²) in [6.45, 7) is 1.14. The van der Waals surface area contributed by atoms with Gasteiger partial charge < -0.3 is 15.0 Å². The largest absolute Gasteiger partial charge is 0.396 e. The van der Waals surface area contributed by atoms with Crippen LogP contribution in [0, 0.1) is 5.92 Å². The number of carbonyl (C=O) groups is 1. The lowest BCUT2D eigenvalue weighted by Crippen LogP contribution is -2.52. The Morgan fingerprint density at radius 2 is 2.12 bits per heavy atom. The van der Waals surface area contributed by atoms with Gasteiger partial charge in [-0.1, -0.05) is 0 Å². The van der Waals surface area contributed by atoms with E-state index in [1.807, 2.05) is 4.98 Å². The van der Waals surface area contributed by atoms with E-state index in [4.69, 9.17) is 5.11 Å². The Labute approximate surface area is 96.1 Å². The molecule has 7 nitrogen and oxygen atoms in total. The molecule has 0 atom stereocenters. The molecule has 0 bridgehead atoms. The first kappa shape index (κ1) is 11.6. The lowest BCUT2D eigenvalue weighted by molar-refractivity contribution is -0.137. The maximum Gasteiger partial charge on any atom is 0.325 e. The number of rotatable bonds is 3. The molecule has 1 amide bonds. The van der Waals surface area contributed by atoms with Crippen LogP contribution in [-0.2, 0) is 11.2 Å². The Morgan fingerprint density at radius 3 is 2.71 bits per heavy atom. The van der Waals surface area contributed by atoms with Crippen molar-refractivity contribution in [2.24, 2.45) is 5.92 Å². The first-order valence-corrected chi connectivity index (χ1v) is 5.29. The zero-order valence-corrected chi connectivity index (χ0v) is 9.10. The molecule has 1 aliphatic rings. The number of hydrogen-bond acceptors (Lipinski definition) is 4. The standard InChI is InChI=1S/C10H13N3O4/c14-5-6-3-13(4-6)9(16)2-7-1-8(15)12-10(17)11-7/h1,6,14H,2-5H2,(H2,11,12,15,17). The number of aliphatic hydroxyl groups is 1. The molecule has 1 saturated heterocycles. The molecule has 1 aromatic heterocycles. The van der Waals surface area contributed by atoms with Gasteiger partial charge in [-0.2, -0.15) is 0 Å². The van der Waals surface area contributed by atoms with Crippen LogP contribution in [0.25, 0.3) is 0 Å². The number of aromatic amines is 2. The molecule has 0 spiro atoms. The van der Waals surface area contributed by atoms with Gasteiger partial charge in [0.2, 0.25) is 5.91 Å². The second-order valence-corrected chi connectivity index (χ2v) is 4.14. The summed E-state index contributed by atoms with van der Waals surface area (Å²) in [6, 6.07) is 1.20. The monoisotopic (exact) mass is 239 g/mol. The number of likely N-dealkylation sites (tertiary alicyclic amines) is 1. The third-order valence-corrected chi connectivity index (χ3v) is 2.73. The minimum Gasteiger partial charge on any atom is -0.396 e. The van der Waals surface area contributed by atoms with Gasteiger partial charge in [-0.05, 0) is 0 Å². The van der Waals surface area contributed by atoms with Gasteiger partial charge in [0, 0.05) is 37.4 Å². The average molecular weight is 239 g/mol. The molecule has 17 heavy (non-hydrogen) atoms. The molecular formula is C10H13N3O4. The average Bonchev–Trinajstić information content (AvgIpc) is 2.13. The summed E-state index contributed by atoms with van der Waals surface area (Å²) in [5.74, 6) is -0.00637. The van der Waals surface area contributed by atoms with Crippen LogP contribution in [0.3, 0.4) is 0 Å². The van der Waals surface area contributed by atoms with Crippen LogP contribution in [0.5, 0.6) is 0 Å². The Kier molecular flexibility index (Phi) is 3.10. The minimum atomic E-state index is -0.614. The second kappa shape index (κ2) is 4.54. The van der Waals surface area contributed by atoms with Crippen LogP contribution >= 0.6 is 0 Å². The number of aliphatic hydroxyl groups excluding tert-OH is 1. The number of H-pyrrole nitrogens is 2. The highest BCUT2D eigenvalue weighted by molar-refractivity contribution is 5.79. The molecule has 1 aliphatic heterocycles. The van der Waals surface area contributed by atoms with E-state index in [2.05, 4.69) is 4.98 Å².